The average molecular weight is 297 g/mol. The van der Waals surface area contributed by atoms with Gasteiger partial charge in [0.25, 0.3) is 5.91 Å². The van der Waals surface area contributed by atoms with E-state index in [1.807, 2.05) is 24.3 Å². The Morgan fingerprint density at radius 2 is 2.18 bits per heavy atom. The number of anilines is 1. The summed E-state index contributed by atoms with van der Waals surface area (Å²) in [4.78, 5) is 28.6. The summed E-state index contributed by atoms with van der Waals surface area (Å²) in [6.07, 6.45) is 3.14. The van der Waals surface area contributed by atoms with Crippen LogP contribution in [0.2, 0.25) is 0 Å². The molecule has 6 nitrogen and oxygen atoms in total. The van der Waals surface area contributed by atoms with E-state index in [0.717, 1.165) is 16.6 Å². The Balaban J connectivity index is 1.94. The van der Waals surface area contributed by atoms with E-state index >= 15 is 0 Å². The first-order valence-corrected chi connectivity index (χ1v) is 6.81. The van der Waals surface area contributed by atoms with E-state index in [9.17, 15) is 9.59 Å². The minimum absolute atomic E-state index is 0.252. The molecule has 0 saturated carbocycles. The fourth-order valence-corrected chi connectivity index (χ4v) is 2.46. The molecule has 22 heavy (non-hydrogen) atoms. The molecule has 3 rings (SSSR count). The first-order valence-electron chi connectivity index (χ1n) is 6.81. The minimum atomic E-state index is -0.300. The number of nitrogens with one attached hydrogen (secondary N) is 1. The van der Waals surface area contributed by atoms with Crippen LogP contribution in [0, 0.1) is 0 Å². The molecule has 0 fully saturated rings. The summed E-state index contributed by atoms with van der Waals surface area (Å²) in [5, 5.41) is 4.09. The monoisotopic (exact) mass is 297 g/mol. The van der Waals surface area contributed by atoms with Crippen molar-refractivity contribution in [1.29, 1.82) is 0 Å². The van der Waals surface area contributed by atoms with Crippen molar-refractivity contribution in [2.75, 3.05) is 19.0 Å². The summed E-state index contributed by atoms with van der Waals surface area (Å²) >= 11 is 0. The molecule has 0 bridgehead atoms. The summed E-state index contributed by atoms with van der Waals surface area (Å²) in [5.74, 6) is 0.119. The van der Waals surface area contributed by atoms with Crippen LogP contribution >= 0.6 is 0 Å². The molecule has 1 aromatic carbocycles. The Bertz CT molecular complexity index is 798. The molecule has 2 aromatic rings. The second-order valence-corrected chi connectivity index (χ2v) is 4.95. The van der Waals surface area contributed by atoms with Gasteiger partial charge in [-0.05, 0) is 24.3 Å². The number of benzene rings is 1. The topological polar surface area (TPSA) is 71.5 Å². The van der Waals surface area contributed by atoms with Crippen LogP contribution in [0.15, 0.2) is 42.2 Å². The van der Waals surface area contributed by atoms with Gasteiger partial charge < -0.3 is 10.1 Å². The molecular formula is C16H15N3O3. The summed E-state index contributed by atoms with van der Waals surface area (Å²) in [7, 11) is 1.60. The molecule has 2 heterocycles. The van der Waals surface area contributed by atoms with E-state index in [-0.39, 0.29) is 18.4 Å². The Morgan fingerprint density at radius 3 is 2.86 bits per heavy atom. The standard InChI is InChI=1S/C16H15N3O3/c1-10(20)19-9-11(8-15(19)21)18-13-5-6-14(22-2)16-12(13)4-3-7-17-16/h3-8,18H,9H2,1-2H3. The maximum Gasteiger partial charge on any atom is 0.255 e. The van der Waals surface area contributed by atoms with E-state index in [1.54, 1.807) is 13.3 Å². The van der Waals surface area contributed by atoms with Crippen LogP contribution in [0.4, 0.5) is 5.69 Å². The number of fused-ring (bicyclic) bond motifs is 1. The molecule has 0 radical (unpaired) electrons. The third kappa shape index (κ3) is 2.39. The molecule has 1 aromatic heterocycles. The van der Waals surface area contributed by atoms with Crippen molar-refractivity contribution in [3.8, 4) is 5.75 Å². The number of hydrogen-bond donors (Lipinski definition) is 1. The molecule has 0 atom stereocenters. The van der Waals surface area contributed by atoms with Crippen LogP contribution in [-0.2, 0) is 9.59 Å². The predicted molar refractivity (Wildman–Crippen MR) is 82.4 cm³/mol. The van der Waals surface area contributed by atoms with E-state index in [1.165, 1.54) is 17.9 Å². The summed E-state index contributed by atoms with van der Waals surface area (Å²) in [5.41, 5.74) is 2.23. The van der Waals surface area contributed by atoms with Crippen molar-refractivity contribution >= 4 is 28.4 Å². The summed E-state index contributed by atoms with van der Waals surface area (Å²) in [6.45, 7) is 1.63. The lowest BCUT2D eigenvalue weighted by molar-refractivity contribution is -0.138. The van der Waals surface area contributed by atoms with Crippen molar-refractivity contribution in [2.45, 2.75) is 6.92 Å². The number of hydrogen-bond acceptors (Lipinski definition) is 5. The van der Waals surface area contributed by atoms with Gasteiger partial charge in [0.05, 0.1) is 13.7 Å². The van der Waals surface area contributed by atoms with Gasteiger partial charge in [-0.3, -0.25) is 19.5 Å². The first-order chi connectivity index (χ1) is 10.6. The third-order valence-corrected chi connectivity index (χ3v) is 3.52. The van der Waals surface area contributed by atoms with Crippen LogP contribution in [0.3, 0.4) is 0 Å². The van der Waals surface area contributed by atoms with Crippen molar-refractivity contribution in [3.63, 3.8) is 0 Å². The van der Waals surface area contributed by atoms with Crippen molar-refractivity contribution < 1.29 is 14.3 Å². The quantitative estimate of drug-likeness (QED) is 0.937. The highest BCUT2D eigenvalue weighted by Gasteiger charge is 2.25. The maximum atomic E-state index is 11.7. The second-order valence-electron chi connectivity index (χ2n) is 4.95. The number of rotatable bonds is 3. The van der Waals surface area contributed by atoms with Gasteiger partial charge in [0.2, 0.25) is 5.91 Å². The summed E-state index contributed by atoms with van der Waals surface area (Å²) < 4.78 is 5.31. The molecule has 1 aliphatic rings. The van der Waals surface area contributed by atoms with Gasteiger partial charge in [-0.2, -0.15) is 0 Å². The van der Waals surface area contributed by atoms with Crippen molar-refractivity contribution in [1.82, 2.24) is 9.88 Å². The minimum Gasteiger partial charge on any atom is -0.494 e. The number of imide groups is 1. The molecular weight excluding hydrogens is 282 g/mol. The molecule has 1 aliphatic heterocycles. The Hall–Kier alpha value is -2.89. The Kier molecular flexibility index (Phi) is 3.50. The third-order valence-electron chi connectivity index (χ3n) is 3.52. The number of carbonyl (C=O) groups excluding carboxylic acids is 2. The number of nitrogens with zero attached hydrogens (tertiary/aromatic N) is 2. The van der Waals surface area contributed by atoms with Crippen LogP contribution in [-0.4, -0.2) is 35.4 Å². The van der Waals surface area contributed by atoms with Crippen molar-refractivity contribution in [3.05, 3.63) is 42.2 Å². The molecule has 2 amide bonds. The number of aromatic nitrogens is 1. The van der Waals surface area contributed by atoms with Gasteiger partial charge >= 0.3 is 0 Å². The highest BCUT2D eigenvalue weighted by molar-refractivity contribution is 6.04. The second kappa shape index (κ2) is 5.48. The van der Waals surface area contributed by atoms with Crippen LogP contribution in [0.1, 0.15) is 6.92 Å². The summed E-state index contributed by atoms with van der Waals surface area (Å²) in [6, 6.07) is 7.44. The largest absolute Gasteiger partial charge is 0.494 e. The average Bonchev–Trinajstić information content (AvgIpc) is 2.88. The van der Waals surface area contributed by atoms with E-state index in [0.29, 0.717) is 11.4 Å². The Morgan fingerprint density at radius 1 is 1.36 bits per heavy atom. The number of carbonyl (C=O) groups is 2. The SMILES string of the molecule is COc1ccc(NC2=CC(=O)N(C(C)=O)C2)c2cccnc12. The molecule has 0 aliphatic carbocycles. The lowest BCUT2D eigenvalue weighted by atomic mass is 10.1. The number of amides is 2. The van der Waals surface area contributed by atoms with Crippen molar-refractivity contribution in [2.24, 2.45) is 0 Å². The van der Waals surface area contributed by atoms with Crippen LogP contribution in [0.5, 0.6) is 5.75 Å². The molecule has 0 unspecified atom stereocenters. The molecule has 6 heteroatoms. The van der Waals surface area contributed by atoms with Crippen LogP contribution < -0.4 is 10.1 Å². The molecule has 0 saturated heterocycles. The van der Waals surface area contributed by atoms with Gasteiger partial charge in [-0.25, -0.2) is 0 Å². The first kappa shape index (κ1) is 14.1. The fourth-order valence-electron chi connectivity index (χ4n) is 2.46. The number of pyridine rings is 1. The fraction of sp³-hybridized carbons (Fsp3) is 0.188. The zero-order chi connectivity index (χ0) is 15.7. The lowest BCUT2D eigenvalue weighted by Gasteiger charge is -2.14. The zero-order valence-corrected chi connectivity index (χ0v) is 12.3. The highest BCUT2D eigenvalue weighted by atomic mass is 16.5. The molecule has 1 N–H and O–H groups in total. The number of ether oxygens (including phenoxy) is 1. The van der Waals surface area contributed by atoms with Gasteiger partial charge in [0, 0.05) is 36.0 Å². The Labute approximate surface area is 127 Å². The maximum absolute atomic E-state index is 11.7. The van der Waals surface area contributed by atoms with Crippen LogP contribution in [0.25, 0.3) is 10.9 Å². The smallest absolute Gasteiger partial charge is 0.255 e. The van der Waals surface area contributed by atoms with E-state index in [2.05, 4.69) is 10.3 Å². The van der Waals surface area contributed by atoms with Gasteiger partial charge in [-0.15, -0.1) is 0 Å². The highest BCUT2D eigenvalue weighted by Crippen LogP contribution is 2.30. The zero-order valence-electron chi connectivity index (χ0n) is 12.3. The number of methoxy groups -OCH3 is 1. The van der Waals surface area contributed by atoms with Gasteiger partial charge in [0.15, 0.2) is 0 Å². The molecule has 0 spiro atoms. The van der Waals surface area contributed by atoms with E-state index in [4.69, 9.17) is 4.74 Å². The van der Waals surface area contributed by atoms with Gasteiger partial charge in [0.1, 0.15) is 11.3 Å². The molecule has 112 valence electrons. The lowest BCUT2D eigenvalue weighted by Crippen LogP contribution is -2.31. The normalized spacial score (nSPS) is 14.2. The van der Waals surface area contributed by atoms with Gasteiger partial charge in [-0.1, -0.05) is 0 Å². The predicted octanol–water partition coefficient (Wildman–Crippen LogP) is 1.93. The van der Waals surface area contributed by atoms with E-state index < -0.39 is 0 Å².